The summed E-state index contributed by atoms with van der Waals surface area (Å²) in [5.74, 6) is 0.882. The Hall–Kier alpha value is -1.69. The van der Waals surface area contributed by atoms with E-state index in [1.807, 2.05) is 49.9 Å². The number of guanidine groups is 1. The average Bonchev–Trinajstić information content (AvgIpc) is 2.63. The zero-order valence-corrected chi connectivity index (χ0v) is 17.8. The Bertz CT molecular complexity index is 601. The number of rotatable bonds is 9. The molecule has 0 aromatic heterocycles. The van der Waals surface area contributed by atoms with Gasteiger partial charge in [0.1, 0.15) is 0 Å². The summed E-state index contributed by atoms with van der Waals surface area (Å²) in [5.41, 5.74) is 1.89. The SMILES string of the molecule is CCNC(=NCc1cccc(NC(=O)C(C)CC)c1)NCC(C)(C)SC. The van der Waals surface area contributed by atoms with Gasteiger partial charge in [0.25, 0.3) is 0 Å². The van der Waals surface area contributed by atoms with Gasteiger partial charge >= 0.3 is 0 Å². The quantitative estimate of drug-likeness (QED) is 0.451. The molecule has 0 bridgehead atoms. The molecule has 146 valence electrons. The van der Waals surface area contributed by atoms with Crippen molar-refractivity contribution in [2.45, 2.75) is 52.3 Å². The van der Waals surface area contributed by atoms with Crippen LogP contribution in [-0.4, -0.2) is 36.0 Å². The third-order valence-corrected chi connectivity index (χ3v) is 5.50. The highest BCUT2D eigenvalue weighted by Crippen LogP contribution is 2.19. The van der Waals surface area contributed by atoms with E-state index in [-0.39, 0.29) is 16.6 Å². The van der Waals surface area contributed by atoms with Crippen molar-refractivity contribution in [2.75, 3.05) is 24.7 Å². The van der Waals surface area contributed by atoms with E-state index >= 15 is 0 Å². The number of hydrogen-bond donors (Lipinski definition) is 3. The highest BCUT2D eigenvalue weighted by atomic mass is 32.2. The van der Waals surface area contributed by atoms with Crippen LogP contribution in [0.1, 0.15) is 46.6 Å². The molecule has 0 heterocycles. The maximum atomic E-state index is 12.1. The van der Waals surface area contributed by atoms with Crippen LogP contribution in [0.15, 0.2) is 29.3 Å². The number of thioether (sulfide) groups is 1. The van der Waals surface area contributed by atoms with Crippen molar-refractivity contribution in [2.24, 2.45) is 10.9 Å². The molecule has 0 aliphatic heterocycles. The Morgan fingerprint density at radius 3 is 2.62 bits per heavy atom. The minimum absolute atomic E-state index is 0.0148. The molecule has 0 saturated heterocycles. The number of benzene rings is 1. The fraction of sp³-hybridized carbons (Fsp3) is 0.600. The van der Waals surface area contributed by atoms with Crippen LogP contribution in [0, 0.1) is 5.92 Å². The number of aliphatic imine (C=N–C) groups is 1. The highest BCUT2D eigenvalue weighted by molar-refractivity contribution is 7.99. The number of hydrogen-bond acceptors (Lipinski definition) is 3. The number of carbonyl (C=O) groups excluding carboxylic acids is 1. The summed E-state index contributed by atoms with van der Waals surface area (Å²) in [6.45, 7) is 12.6. The first-order valence-corrected chi connectivity index (χ1v) is 10.5. The van der Waals surface area contributed by atoms with Gasteiger partial charge in [0, 0.05) is 29.4 Å². The molecule has 0 aliphatic carbocycles. The van der Waals surface area contributed by atoms with E-state index in [0.717, 1.165) is 36.7 Å². The Kier molecular flexibility index (Phi) is 9.55. The number of nitrogens with one attached hydrogen (secondary N) is 3. The summed E-state index contributed by atoms with van der Waals surface area (Å²) < 4.78 is 0.149. The lowest BCUT2D eigenvalue weighted by molar-refractivity contribution is -0.119. The van der Waals surface area contributed by atoms with Gasteiger partial charge in [-0.1, -0.05) is 26.0 Å². The van der Waals surface area contributed by atoms with Crippen LogP contribution in [0.2, 0.25) is 0 Å². The minimum atomic E-state index is 0.0148. The molecule has 0 fully saturated rings. The number of anilines is 1. The lowest BCUT2D eigenvalue weighted by Gasteiger charge is -2.23. The molecule has 0 aliphatic rings. The van der Waals surface area contributed by atoms with Crippen LogP contribution >= 0.6 is 11.8 Å². The van der Waals surface area contributed by atoms with Crippen LogP contribution in [0.3, 0.4) is 0 Å². The predicted molar refractivity (Wildman–Crippen MR) is 115 cm³/mol. The zero-order chi connectivity index (χ0) is 19.6. The van der Waals surface area contributed by atoms with Crippen LogP contribution in [0.4, 0.5) is 5.69 Å². The molecule has 0 saturated carbocycles. The number of nitrogens with zero attached hydrogens (tertiary/aromatic N) is 1. The van der Waals surface area contributed by atoms with E-state index < -0.39 is 0 Å². The number of amides is 1. The molecule has 5 nitrogen and oxygen atoms in total. The van der Waals surface area contributed by atoms with Crippen LogP contribution in [0.5, 0.6) is 0 Å². The van der Waals surface area contributed by atoms with Gasteiger partial charge in [0.2, 0.25) is 5.91 Å². The van der Waals surface area contributed by atoms with Gasteiger partial charge in [0.15, 0.2) is 5.96 Å². The molecule has 6 heteroatoms. The third kappa shape index (κ3) is 8.13. The first kappa shape index (κ1) is 22.4. The fourth-order valence-electron chi connectivity index (χ4n) is 2.08. The van der Waals surface area contributed by atoms with Crippen LogP contribution in [-0.2, 0) is 11.3 Å². The number of carbonyl (C=O) groups is 1. The Morgan fingerprint density at radius 2 is 2.00 bits per heavy atom. The topological polar surface area (TPSA) is 65.5 Å². The fourth-order valence-corrected chi connectivity index (χ4v) is 2.30. The molecule has 0 radical (unpaired) electrons. The van der Waals surface area contributed by atoms with Gasteiger partial charge in [-0.05, 0) is 51.1 Å². The van der Waals surface area contributed by atoms with E-state index in [9.17, 15) is 4.79 Å². The van der Waals surface area contributed by atoms with E-state index in [4.69, 9.17) is 0 Å². The molecule has 1 unspecified atom stereocenters. The predicted octanol–water partition coefficient (Wildman–Crippen LogP) is 3.87. The van der Waals surface area contributed by atoms with Crippen molar-refractivity contribution in [3.05, 3.63) is 29.8 Å². The van der Waals surface area contributed by atoms with Crippen molar-refractivity contribution < 1.29 is 4.79 Å². The molecule has 1 atom stereocenters. The maximum Gasteiger partial charge on any atom is 0.227 e. The Labute approximate surface area is 162 Å². The van der Waals surface area contributed by atoms with Crippen molar-refractivity contribution in [3.63, 3.8) is 0 Å². The molecule has 1 aromatic carbocycles. The van der Waals surface area contributed by atoms with Gasteiger partial charge in [-0.2, -0.15) is 11.8 Å². The molecule has 1 rings (SSSR count). The maximum absolute atomic E-state index is 12.1. The lowest BCUT2D eigenvalue weighted by Crippen LogP contribution is -2.43. The second-order valence-electron chi connectivity index (χ2n) is 7.01. The van der Waals surface area contributed by atoms with E-state index in [2.05, 4.69) is 48.0 Å². The lowest BCUT2D eigenvalue weighted by atomic mass is 10.1. The molecule has 3 N–H and O–H groups in total. The molecular formula is C20H34N4OS. The zero-order valence-electron chi connectivity index (χ0n) is 17.0. The summed E-state index contributed by atoms with van der Waals surface area (Å²) in [4.78, 5) is 16.7. The monoisotopic (exact) mass is 378 g/mol. The third-order valence-electron chi connectivity index (χ3n) is 4.25. The first-order valence-electron chi connectivity index (χ1n) is 9.28. The van der Waals surface area contributed by atoms with Crippen molar-refractivity contribution >= 4 is 29.3 Å². The molecule has 26 heavy (non-hydrogen) atoms. The van der Waals surface area contributed by atoms with Crippen LogP contribution < -0.4 is 16.0 Å². The van der Waals surface area contributed by atoms with Gasteiger partial charge in [-0.15, -0.1) is 0 Å². The van der Waals surface area contributed by atoms with Crippen LogP contribution in [0.25, 0.3) is 0 Å². The van der Waals surface area contributed by atoms with E-state index in [1.165, 1.54) is 0 Å². The second kappa shape index (κ2) is 11.1. The molecule has 1 aromatic rings. The second-order valence-corrected chi connectivity index (χ2v) is 8.52. The summed E-state index contributed by atoms with van der Waals surface area (Å²) in [6.07, 6.45) is 2.95. The van der Waals surface area contributed by atoms with Gasteiger partial charge < -0.3 is 16.0 Å². The molecular weight excluding hydrogens is 344 g/mol. The summed E-state index contributed by atoms with van der Waals surface area (Å²) >= 11 is 1.83. The average molecular weight is 379 g/mol. The normalized spacial score (nSPS) is 13.2. The van der Waals surface area contributed by atoms with Gasteiger partial charge in [0.05, 0.1) is 6.54 Å². The largest absolute Gasteiger partial charge is 0.357 e. The minimum Gasteiger partial charge on any atom is -0.357 e. The summed E-state index contributed by atoms with van der Waals surface area (Å²) in [6, 6.07) is 7.88. The summed E-state index contributed by atoms with van der Waals surface area (Å²) in [7, 11) is 0. The standard InChI is InChI=1S/C20H34N4OS/c1-7-15(3)18(25)24-17-11-9-10-16(12-17)13-22-19(21-8-2)23-14-20(4,5)26-6/h9-12,15H,7-8,13-14H2,1-6H3,(H,24,25)(H2,21,22,23). The van der Waals surface area contributed by atoms with E-state index in [1.54, 1.807) is 0 Å². The van der Waals surface area contributed by atoms with Crippen molar-refractivity contribution in [1.82, 2.24) is 10.6 Å². The van der Waals surface area contributed by atoms with E-state index in [0.29, 0.717) is 6.54 Å². The van der Waals surface area contributed by atoms with Gasteiger partial charge in [-0.3, -0.25) is 4.79 Å². The first-order chi connectivity index (χ1) is 12.3. The Morgan fingerprint density at radius 1 is 1.27 bits per heavy atom. The smallest absolute Gasteiger partial charge is 0.227 e. The van der Waals surface area contributed by atoms with Crippen molar-refractivity contribution in [1.29, 1.82) is 0 Å². The summed E-state index contributed by atoms with van der Waals surface area (Å²) in [5, 5.41) is 9.66. The van der Waals surface area contributed by atoms with Crippen molar-refractivity contribution in [3.8, 4) is 0 Å². The molecule has 0 spiro atoms. The highest BCUT2D eigenvalue weighted by Gasteiger charge is 2.16. The van der Waals surface area contributed by atoms with Gasteiger partial charge in [-0.25, -0.2) is 4.99 Å². The molecule has 1 amide bonds. The Balaban J connectivity index is 2.74.